The van der Waals surface area contributed by atoms with Gasteiger partial charge in [0.15, 0.2) is 0 Å². The number of nitrogens with one attached hydrogen (secondary N) is 1. The Balaban J connectivity index is 1.47. The highest BCUT2D eigenvalue weighted by atomic mass is 32.1. The largest absolute Gasteiger partial charge is 0.320 e. The van der Waals surface area contributed by atoms with E-state index in [0.29, 0.717) is 6.04 Å². The molecule has 27 heavy (non-hydrogen) atoms. The summed E-state index contributed by atoms with van der Waals surface area (Å²) >= 11 is 1.87. The molecule has 4 rings (SSSR count). The van der Waals surface area contributed by atoms with E-state index in [2.05, 4.69) is 31.9 Å². The smallest absolute Gasteiger partial charge is 0.150 e. The van der Waals surface area contributed by atoms with Gasteiger partial charge in [-0.25, -0.2) is 4.98 Å². The number of hydrogen-bond donors (Lipinski definition) is 1. The summed E-state index contributed by atoms with van der Waals surface area (Å²) in [7, 11) is 2.01. The van der Waals surface area contributed by atoms with Gasteiger partial charge in [0.1, 0.15) is 16.7 Å². The molecular weight excluding hydrogens is 356 g/mol. The fourth-order valence-electron chi connectivity index (χ4n) is 4.46. The van der Waals surface area contributed by atoms with Gasteiger partial charge in [0, 0.05) is 17.8 Å². The molecule has 148 valence electrons. The maximum absolute atomic E-state index is 4.97. The minimum Gasteiger partial charge on any atom is -0.320 e. The van der Waals surface area contributed by atoms with Crippen molar-refractivity contribution in [2.75, 3.05) is 20.1 Å². The summed E-state index contributed by atoms with van der Waals surface area (Å²) in [6, 6.07) is 0.404. The Kier molecular flexibility index (Phi) is 6.20. The fourth-order valence-corrected chi connectivity index (χ4v) is 5.46. The van der Waals surface area contributed by atoms with Crippen molar-refractivity contribution in [3.63, 3.8) is 0 Å². The highest BCUT2D eigenvalue weighted by molar-refractivity contribution is 7.11. The van der Waals surface area contributed by atoms with Gasteiger partial charge in [0.25, 0.3) is 0 Å². The minimum atomic E-state index is 0.404. The van der Waals surface area contributed by atoms with Crippen LogP contribution in [0.4, 0.5) is 0 Å². The van der Waals surface area contributed by atoms with Gasteiger partial charge in [-0.2, -0.15) is 0 Å². The van der Waals surface area contributed by atoms with E-state index in [9.17, 15) is 0 Å². The summed E-state index contributed by atoms with van der Waals surface area (Å²) in [6.45, 7) is 6.45. The Labute approximate surface area is 166 Å². The average Bonchev–Trinajstić information content (AvgIpc) is 3.31. The first-order chi connectivity index (χ1) is 13.3. The summed E-state index contributed by atoms with van der Waals surface area (Å²) in [5, 5.41) is 13.6. The Morgan fingerprint density at radius 3 is 2.96 bits per heavy atom. The standard InChI is InChI=1S/C20H32N6S/c1-15-16(8-6-11-21-2)22-19(27-15)14-25-12-7-9-17(25)20-24-23-18-10-4-3-5-13-26(18)20/h17,21H,3-14H2,1-2H3. The van der Waals surface area contributed by atoms with Crippen LogP contribution in [0, 0.1) is 6.92 Å². The molecule has 1 N–H and O–H groups in total. The Hall–Kier alpha value is -1.31. The minimum absolute atomic E-state index is 0.404. The van der Waals surface area contributed by atoms with Crippen LogP contribution >= 0.6 is 11.3 Å². The Morgan fingerprint density at radius 1 is 1.15 bits per heavy atom. The lowest BCUT2D eigenvalue weighted by atomic mass is 10.2. The highest BCUT2D eigenvalue weighted by Crippen LogP contribution is 2.34. The topological polar surface area (TPSA) is 58.9 Å². The number of hydrogen-bond acceptors (Lipinski definition) is 6. The lowest BCUT2D eigenvalue weighted by Crippen LogP contribution is -2.25. The van der Waals surface area contributed by atoms with Gasteiger partial charge in [-0.05, 0) is 65.6 Å². The zero-order valence-electron chi connectivity index (χ0n) is 16.7. The molecular formula is C20H32N6S. The average molecular weight is 389 g/mol. The molecule has 2 aromatic rings. The van der Waals surface area contributed by atoms with Crippen molar-refractivity contribution >= 4 is 11.3 Å². The van der Waals surface area contributed by atoms with Crippen molar-refractivity contribution < 1.29 is 0 Å². The zero-order chi connectivity index (χ0) is 18.6. The third-order valence-corrected chi connectivity index (χ3v) is 6.91. The second-order valence-electron chi connectivity index (χ2n) is 7.88. The molecule has 0 bridgehead atoms. The molecule has 0 radical (unpaired) electrons. The summed E-state index contributed by atoms with van der Waals surface area (Å²) in [5.41, 5.74) is 1.29. The van der Waals surface area contributed by atoms with Crippen molar-refractivity contribution in [3.05, 3.63) is 27.2 Å². The first kappa shape index (κ1) is 19.0. The second kappa shape index (κ2) is 8.80. The number of likely N-dealkylation sites (tertiary alicyclic amines) is 1. The van der Waals surface area contributed by atoms with Crippen LogP contribution < -0.4 is 5.32 Å². The first-order valence-electron chi connectivity index (χ1n) is 10.5. The van der Waals surface area contributed by atoms with E-state index in [1.807, 2.05) is 18.4 Å². The van der Waals surface area contributed by atoms with Crippen LogP contribution in [0.25, 0.3) is 0 Å². The predicted octanol–water partition coefficient (Wildman–Crippen LogP) is 3.26. The third-order valence-electron chi connectivity index (χ3n) is 5.92. The lowest BCUT2D eigenvalue weighted by molar-refractivity contribution is 0.233. The predicted molar refractivity (Wildman–Crippen MR) is 109 cm³/mol. The molecule has 0 spiro atoms. The van der Waals surface area contributed by atoms with E-state index in [1.54, 1.807) is 0 Å². The van der Waals surface area contributed by atoms with Crippen molar-refractivity contribution in [1.29, 1.82) is 0 Å². The molecule has 1 saturated heterocycles. The normalized spacial score (nSPS) is 20.7. The summed E-state index contributed by atoms with van der Waals surface area (Å²) in [4.78, 5) is 8.93. The number of nitrogens with zero attached hydrogens (tertiary/aromatic N) is 5. The van der Waals surface area contributed by atoms with Gasteiger partial charge < -0.3 is 9.88 Å². The number of thiazole rings is 1. The summed E-state index contributed by atoms with van der Waals surface area (Å²) < 4.78 is 2.42. The highest BCUT2D eigenvalue weighted by Gasteiger charge is 2.32. The van der Waals surface area contributed by atoms with Crippen molar-refractivity contribution in [2.45, 2.75) is 77.4 Å². The molecule has 2 aliphatic heterocycles. The molecule has 1 atom stereocenters. The SMILES string of the molecule is CNCCCc1nc(CN2CCCC2c2nnc3n2CCCCC3)sc1C. The number of rotatable bonds is 7. The molecule has 1 fully saturated rings. The summed E-state index contributed by atoms with van der Waals surface area (Å²) in [5.74, 6) is 2.40. The van der Waals surface area contributed by atoms with Crippen LogP contribution in [0.2, 0.25) is 0 Å². The van der Waals surface area contributed by atoms with E-state index in [1.165, 1.54) is 59.3 Å². The van der Waals surface area contributed by atoms with E-state index < -0.39 is 0 Å². The van der Waals surface area contributed by atoms with Crippen molar-refractivity contribution in [2.24, 2.45) is 0 Å². The van der Waals surface area contributed by atoms with Gasteiger partial charge in [-0.15, -0.1) is 21.5 Å². The molecule has 0 amide bonds. The fraction of sp³-hybridized carbons (Fsp3) is 0.750. The second-order valence-corrected chi connectivity index (χ2v) is 9.17. The van der Waals surface area contributed by atoms with Gasteiger partial charge in [0.05, 0.1) is 18.3 Å². The van der Waals surface area contributed by atoms with Crippen LogP contribution in [0.5, 0.6) is 0 Å². The molecule has 6 nitrogen and oxygen atoms in total. The van der Waals surface area contributed by atoms with Gasteiger partial charge in [-0.3, -0.25) is 4.90 Å². The van der Waals surface area contributed by atoms with Crippen LogP contribution in [0.1, 0.15) is 71.8 Å². The van der Waals surface area contributed by atoms with Crippen LogP contribution in [-0.2, 0) is 25.9 Å². The molecule has 2 aromatic heterocycles. The third kappa shape index (κ3) is 4.25. The van der Waals surface area contributed by atoms with Crippen LogP contribution in [-0.4, -0.2) is 44.8 Å². The Bertz CT molecular complexity index is 752. The first-order valence-corrected chi connectivity index (χ1v) is 11.3. The molecule has 2 aliphatic rings. The Morgan fingerprint density at radius 2 is 2.07 bits per heavy atom. The maximum Gasteiger partial charge on any atom is 0.150 e. The quantitative estimate of drug-likeness (QED) is 0.738. The van der Waals surface area contributed by atoms with E-state index in [-0.39, 0.29) is 0 Å². The summed E-state index contributed by atoms with van der Waals surface area (Å²) in [6.07, 6.45) is 9.56. The molecule has 7 heteroatoms. The van der Waals surface area contributed by atoms with E-state index >= 15 is 0 Å². The number of fused-ring (bicyclic) bond motifs is 1. The molecule has 0 aliphatic carbocycles. The molecule has 0 saturated carbocycles. The molecule has 1 unspecified atom stereocenters. The lowest BCUT2D eigenvalue weighted by Gasteiger charge is -2.23. The van der Waals surface area contributed by atoms with Crippen molar-refractivity contribution in [1.82, 2.24) is 30.0 Å². The van der Waals surface area contributed by atoms with Gasteiger partial charge in [0.2, 0.25) is 0 Å². The van der Waals surface area contributed by atoms with Crippen LogP contribution in [0.3, 0.4) is 0 Å². The van der Waals surface area contributed by atoms with Crippen LogP contribution in [0.15, 0.2) is 0 Å². The van der Waals surface area contributed by atoms with E-state index in [0.717, 1.165) is 45.4 Å². The van der Waals surface area contributed by atoms with E-state index in [4.69, 9.17) is 4.98 Å². The number of aromatic nitrogens is 4. The monoisotopic (exact) mass is 388 g/mol. The zero-order valence-corrected chi connectivity index (χ0v) is 17.5. The van der Waals surface area contributed by atoms with Gasteiger partial charge >= 0.3 is 0 Å². The van der Waals surface area contributed by atoms with Crippen molar-refractivity contribution in [3.8, 4) is 0 Å². The number of aryl methyl sites for hydroxylation is 3. The molecule has 0 aromatic carbocycles. The molecule has 4 heterocycles. The maximum atomic E-state index is 4.97. The van der Waals surface area contributed by atoms with Gasteiger partial charge in [-0.1, -0.05) is 6.42 Å².